The topological polar surface area (TPSA) is 46.2 Å². The molecule has 3 nitrogen and oxygen atoms in total. The molecule has 0 aliphatic rings. The van der Waals surface area contributed by atoms with Gasteiger partial charge in [0.25, 0.3) is 10.0 Å². The first-order valence-corrected chi connectivity index (χ1v) is 8.78. The molecule has 2 rings (SSSR count). The summed E-state index contributed by atoms with van der Waals surface area (Å²) in [7, 11) is -3.56. The molecule has 0 amide bonds. The molecule has 0 saturated heterocycles. The van der Waals surface area contributed by atoms with Crippen molar-refractivity contribution < 1.29 is 8.42 Å². The summed E-state index contributed by atoms with van der Waals surface area (Å²) in [6, 6.07) is 12.9. The predicted molar refractivity (Wildman–Crippen MR) is 91.9 cm³/mol. The van der Waals surface area contributed by atoms with Gasteiger partial charge in [-0.1, -0.05) is 50.6 Å². The lowest BCUT2D eigenvalue weighted by atomic mass is 9.87. The lowest BCUT2D eigenvalue weighted by Gasteiger charge is -2.19. The third-order valence-electron chi connectivity index (χ3n) is 3.62. The van der Waals surface area contributed by atoms with Gasteiger partial charge in [-0.3, -0.25) is 4.72 Å². The number of nitrogens with one attached hydrogen (secondary N) is 1. The van der Waals surface area contributed by atoms with Gasteiger partial charge in [-0.25, -0.2) is 8.42 Å². The minimum Gasteiger partial charge on any atom is -0.280 e. The van der Waals surface area contributed by atoms with E-state index in [1.165, 1.54) is 5.56 Å². The van der Waals surface area contributed by atoms with Crippen molar-refractivity contribution in [1.82, 2.24) is 0 Å². The average molecular weight is 317 g/mol. The Bertz CT molecular complexity index is 770. The highest BCUT2D eigenvalue weighted by Gasteiger charge is 2.18. The van der Waals surface area contributed by atoms with Gasteiger partial charge in [0.15, 0.2) is 0 Å². The number of rotatable bonds is 3. The summed E-state index contributed by atoms with van der Waals surface area (Å²) in [6.07, 6.45) is 0. The summed E-state index contributed by atoms with van der Waals surface area (Å²) in [5.74, 6) is 0. The van der Waals surface area contributed by atoms with E-state index >= 15 is 0 Å². The molecule has 0 aromatic heterocycles. The molecule has 0 bridgehead atoms. The van der Waals surface area contributed by atoms with Crippen LogP contribution in [0.5, 0.6) is 0 Å². The lowest BCUT2D eigenvalue weighted by Crippen LogP contribution is -2.15. The van der Waals surface area contributed by atoms with Crippen LogP contribution in [0.4, 0.5) is 5.69 Å². The van der Waals surface area contributed by atoms with Crippen LogP contribution in [0.3, 0.4) is 0 Å². The number of benzene rings is 2. The molecule has 0 heterocycles. The summed E-state index contributed by atoms with van der Waals surface area (Å²) in [5.41, 5.74) is 3.59. The second-order valence-corrected chi connectivity index (χ2v) is 8.35. The van der Waals surface area contributed by atoms with Gasteiger partial charge in [-0.05, 0) is 48.6 Å². The highest BCUT2D eigenvalue weighted by atomic mass is 32.2. The largest absolute Gasteiger partial charge is 0.280 e. The maximum atomic E-state index is 12.5. The first-order valence-electron chi connectivity index (χ1n) is 7.30. The third kappa shape index (κ3) is 3.69. The van der Waals surface area contributed by atoms with Gasteiger partial charge in [-0.15, -0.1) is 0 Å². The van der Waals surface area contributed by atoms with Crippen LogP contribution >= 0.6 is 0 Å². The van der Waals surface area contributed by atoms with Crippen LogP contribution in [0.1, 0.15) is 37.5 Å². The highest BCUT2D eigenvalue weighted by Crippen LogP contribution is 2.25. The summed E-state index contributed by atoms with van der Waals surface area (Å²) in [6.45, 7) is 10.1. The van der Waals surface area contributed by atoms with E-state index < -0.39 is 10.0 Å². The summed E-state index contributed by atoms with van der Waals surface area (Å²) in [4.78, 5) is 0.318. The quantitative estimate of drug-likeness (QED) is 0.912. The minimum absolute atomic E-state index is 0.0466. The second kappa shape index (κ2) is 5.76. The molecule has 0 aliphatic carbocycles. The number of anilines is 1. The van der Waals surface area contributed by atoms with E-state index in [1.807, 2.05) is 50.2 Å². The maximum Gasteiger partial charge on any atom is 0.262 e. The fourth-order valence-electron chi connectivity index (χ4n) is 2.35. The molecule has 1 N–H and O–H groups in total. The molecule has 22 heavy (non-hydrogen) atoms. The Morgan fingerprint density at radius 1 is 0.909 bits per heavy atom. The first-order chi connectivity index (χ1) is 10.1. The SMILES string of the molecule is Cc1ccc(S(=O)(=O)Nc2ccc(C(C)(C)C)cc2)c(C)c1. The molecule has 118 valence electrons. The van der Waals surface area contributed by atoms with Crippen molar-refractivity contribution in [3.8, 4) is 0 Å². The molecule has 0 atom stereocenters. The standard InChI is InChI=1S/C18H23NO2S/c1-13-6-11-17(14(2)12-13)22(20,21)19-16-9-7-15(8-10-16)18(3,4)5/h6-12,19H,1-5H3. The monoisotopic (exact) mass is 317 g/mol. The Balaban J connectivity index is 2.29. The zero-order valence-corrected chi connectivity index (χ0v) is 14.6. The zero-order valence-electron chi connectivity index (χ0n) is 13.8. The van der Waals surface area contributed by atoms with E-state index in [2.05, 4.69) is 25.5 Å². The van der Waals surface area contributed by atoms with Crippen LogP contribution in [0.2, 0.25) is 0 Å². The van der Waals surface area contributed by atoms with Gasteiger partial charge in [0.1, 0.15) is 0 Å². The smallest absolute Gasteiger partial charge is 0.262 e. The molecule has 0 saturated carbocycles. The van der Waals surface area contributed by atoms with E-state index in [0.717, 1.165) is 11.1 Å². The Labute approximate surface area is 133 Å². The summed E-state index contributed by atoms with van der Waals surface area (Å²) >= 11 is 0. The van der Waals surface area contributed by atoms with Gasteiger partial charge in [0.05, 0.1) is 4.90 Å². The van der Waals surface area contributed by atoms with E-state index in [-0.39, 0.29) is 5.41 Å². The van der Waals surface area contributed by atoms with E-state index in [9.17, 15) is 8.42 Å². The van der Waals surface area contributed by atoms with Crippen molar-refractivity contribution in [2.24, 2.45) is 0 Å². The molecule has 0 fully saturated rings. The molecule has 0 aliphatic heterocycles. The van der Waals surface area contributed by atoms with Crippen molar-refractivity contribution >= 4 is 15.7 Å². The van der Waals surface area contributed by atoms with Crippen molar-refractivity contribution in [2.75, 3.05) is 4.72 Å². The molecule has 2 aromatic carbocycles. The summed E-state index contributed by atoms with van der Waals surface area (Å²) < 4.78 is 27.7. The Morgan fingerprint density at radius 3 is 2.00 bits per heavy atom. The molecule has 4 heteroatoms. The third-order valence-corrected chi connectivity index (χ3v) is 5.16. The molecular formula is C18H23NO2S. The van der Waals surface area contributed by atoms with Crippen LogP contribution in [-0.2, 0) is 15.4 Å². The van der Waals surface area contributed by atoms with Gasteiger partial charge in [0.2, 0.25) is 0 Å². The number of sulfonamides is 1. The van der Waals surface area contributed by atoms with Gasteiger partial charge in [0, 0.05) is 5.69 Å². The molecule has 2 aromatic rings. The van der Waals surface area contributed by atoms with E-state index in [0.29, 0.717) is 10.6 Å². The molecule has 0 radical (unpaired) electrons. The van der Waals surface area contributed by atoms with Crippen molar-refractivity contribution in [3.05, 3.63) is 59.2 Å². The van der Waals surface area contributed by atoms with Crippen molar-refractivity contribution in [2.45, 2.75) is 44.9 Å². The molecule has 0 spiro atoms. The van der Waals surface area contributed by atoms with Gasteiger partial charge in [-0.2, -0.15) is 0 Å². The fourth-order valence-corrected chi connectivity index (χ4v) is 3.64. The highest BCUT2D eigenvalue weighted by molar-refractivity contribution is 7.92. The Morgan fingerprint density at radius 2 is 1.50 bits per heavy atom. The average Bonchev–Trinajstić information content (AvgIpc) is 2.37. The number of aryl methyl sites for hydroxylation is 2. The predicted octanol–water partition coefficient (Wildman–Crippen LogP) is 4.40. The van der Waals surface area contributed by atoms with Gasteiger partial charge >= 0.3 is 0 Å². The zero-order chi connectivity index (χ0) is 16.5. The van der Waals surface area contributed by atoms with Crippen LogP contribution in [-0.4, -0.2) is 8.42 Å². The lowest BCUT2D eigenvalue weighted by molar-refractivity contribution is 0.590. The first kappa shape index (κ1) is 16.6. The second-order valence-electron chi connectivity index (χ2n) is 6.70. The van der Waals surface area contributed by atoms with Crippen LogP contribution in [0.15, 0.2) is 47.4 Å². The van der Waals surface area contributed by atoms with E-state index in [4.69, 9.17) is 0 Å². The minimum atomic E-state index is -3.56. The molecular weight excluding hydrogens is 294 g/mol. The van der Waals surface area contributed by atoms with E-state index in [1.54, 1.807) is 6.07 Å². The van der Waals surface area contributed by atoms with Crippen LogP contribution in [0, 0.1) is 13.8 Å². The normalized spacial score (nSPS) is 12.2. The number of hydrogen-bond donors (Lipinski definition) is 1. The van der Waals surface area contributed by atoms with Crippen molar-refractivity contribution in [3.63, 3.8) is 0 Å². The van der Waals surface area contributed by atoms with Crippen LogP contribution in [0.25, 0.3) is 0 Å². The Hall–Kier alpha value is -1.81. The summed E-state index contributed by atoms with van der Waals surface area (Å²) in [5, 5.41) is 0. The van der Waals surface area contributed by atoms with Crippen LogP contribution < -0.4 is 4.72 Å². The van der Waals surface area contributed by atoms with Crippen molar-refractivity contribution in [1.29, 1.82) is 0 Å². The number of hydrogen-bond acceptors (Lipinski definition) is 2. The Kier molecular flexibility index (Phi) is 4.34. The van der Waals surface area contributed by atoms with Gasteiger partial charge < -0.3 is 0 Å². The molecule has 0 unspecified atom stereocenters. The fraction of sp³-hybridized carbons (Fsp3) is 0.333. The maximum absolute atomic E-state index is 12.5.